The highest BCUT2D eigenvalue weighted by Crippen LogP contribution is 1.93. The van der Waals surface area contributed by atoms with Crippen molar-refractivity contribution in [3.8, 4) is 0 Å². The van der Waals surface area contributed by atoms with Crippen LogP contribution in [0.5, 0.6) is 0 Å². The number of hydroxylamine groups is 1. The lowest BCUT2D eigenvalue weighted by atomic mass is 10.7. The number of hydrogen-bond acceptors (Lipinski definition) is 5. The number of carbonyl (C=O) groups is 1. The van der Waals surface area contributed by atoms with Gasteiger partial charge in [0.1, 0.15) is 0 Å². The molecule has 1 atom stereocenters. The summed E-state index contributed by atoms with van der Waals surface area (Å²) in [5.74, 6) is -0.583. The van der Waals surface area contributed by atoms with Crippen LogP contribution in [0.2, 0.25) is 0 Å². The van der Waals surface area contributed by atoms with Crippen molar-refractivity contribution in [2.24, 2.45) is 5.11 Å². The minimum atomic E-state index is -0.776. The van der Waals surface area contributed by atoms with Gasteiger partial charge in [-0.2, -0.15) is 4.89 Å². The maximum atomic E-state index is 10.2. The van der Waals surface area contributed by atoms with Crippen molar-refractivity contribution in [2.75, 3.05) is 7.05 Å². The normalized spacial score (nSPS) is 14.3. The first-order chi connectivity index (χ1) is 5.02. The molecule has 0 aromatic carbocycles. The van der Waals surface area contributed by atoms with E-state index in [2.05, 4.69) is 14.9 Å². The van der Waals surface area contributed by atoms with Crippen molar-refractivity contribution in [1.82, 2.24) is 0 Å². The third-order valence-electron chi connectivity index (χ3n) is 0.630. The van der Waals surface area contributed by atoms with E-state index in [9.17, 15) is 10.0 Å². The van der Waals surface area contributed by atoms with Crippen molar-refractivity contribution >= 4 is 5.97 Å². The maximum absolute atomic E-state index is 10.2. The Bertz CT molecular complexity index is 164. The zero-order valence-electron chi connectivity index (χ0n) is 6.60. The fourth-order valence-corrected chi connectivity index (χ4v) is 0.386. The second-order valence-electron chi connectivity index (χ2n) is 1.85. The van der Waals surface area contributed by atoms with Gasteiger partial charge in [-0.15, -0.1) is 0 Å². The average Bonchev–Trinajstić information content (AvgIpc) is 1.82. The Balaban J connectivity index is 3.61. The first-order valence-corrected chi connectivity index (χ1v) is 2.98. The van der Waals surface area contributed by atoms with Crippen LogP contribution in [-0.2, 0) is 14.6 Å². The summed E-state index contributed by atoms with van der Waals surface area (Å²) in [6.45, 7) is 2.66. The van der Waals surface area contributed by atoms with Gasteiger partial charge in [0.25, 0.3) is 6.23 Å². The van der Waals surface area contributed by atoms with Gasteiger partial charge in [-0.25, -0.2) is 4.79 Å². The largest absolute Gasteiger partial charge is 0.600 e. The average molecular weight is 162 g/mol. The van der Waals surface area contributed by atoms with E-state index >= 15 is 0 Å². The molecule has 1 unspecified atom stereocenters. The molecule has 0 radical (unpaired) electrons. The summed E-state index contributed by atoms with van der Waals surface area (Å²) in [5.41, 5.74) is 0. The van der Waals surface area contributed by atoms with Crippen LogP contribution in [0.4, 0.5) is 0 Å². The second kappa shape index (κ2) is 4.62. The minimum Gasteiger partial charge on any atom is -0.600 e. The standard InChI is InChI=1S/C5H10N2O4/c1-4(6-7(3)9)10-11-5(2)8/h4H,1-3H3/b7-6+. The monoisotopic (exact) mass is 162 g/mol. The van der Waals surface area contributed by atoms with Crippen molar-refractivity contribution in [1.29, 1.82) is 0 Å². The molecule has 0 aliphatic carbocycles. The van der Waals surface area contributed by atoms with Crippen molar-refractivity contribution < 1.29 is 19.4 Å². The van der Waals surface area contributed by atoms with Gasteiger partial charge in [-0.3, -0.25) is 4.89 Å². The van der Waals surface area contributed by atoms with Gasteiger partial charge in [0.15, 0.2) is 7.05 Å². The number of hydrogen-bond donors (Lipinski definition) is 0. The first-order valence-electron chi connectivity index (χ1n) is 2.98. The summed E-state index contributed by atoms with van der Waals surface area (Å²) in [7, 11) is 1.20. The van der Waals surface area contributed by atoms with E-state index in [1.807, 2.05) is 0 Å². The van der Waals surface area contributed by atoms with Crippen LogP contribution in [-0.4, -0.2) is 24.1 Å². The van der Waals surface area contributed by atoms with Gasteiger partial charge in [-0.1, -0.05) is 4.86 Å². The molecule has 0 saturated heterocycles. The Morgan fingerprint density at radius 3 is 2.64 bits per heavy atom. The van der Waals surface area contributed by atoms with Gasteiger partial charge >= 0.3 is 5.97 Å². The Kier molecular flexibility index (Phi) is 4.12. The summed E-state index contributed by atoms with van der Waals surface area (Å²) >= 11 is 0. The number of rotatable bonds is 3. The molecule has 0 amide bonds. The van der Waals surface area contributed by atoms with Gasteiger partial charge in [0.2, 0.25) is 0 Å². The van der Waals surface area contributed by atoms with Crippen molar-refractivity contribution in [2.45, 2.75) is 20.1 Å². The predicted molar refractivity (Wildman–Crippen MR) is 34.3 cm³/mol. The molecule has 0 rings (SSSR count). The minimum absolute atomic E-state index is 0.328. The zero-order chi connectivity index (χ0) is 8.85. The van der Waals surface area contributed by atoms with Crippen LogP contribution in [0.25, 0.3) is 0 Å². The smallest absolute Gasteiger partial charge is 0.339 e. The van der Waals surface area contributed by atoms with E-state index in [1.54, 1.807) is 0 Å². The van der Waals surface area contributed by atoms with Crippen LogP contribution in [0.1, 0.15) is 13.8 Å². The molecule has 0 aliphatic rings. The van der Waals surface area contributed by atoms with E-state index < -0.39 is 12.2 Å². The first kappa shape index (κ1) is 9.83. The summed E-state index contributed by atoms with van der Waals surface area (Å²) in [4.78, 5) is 18.9. The highest BCUT2D eigenvalue weighted by molar-refractivity contribution is 5.65. The molecule has 0 spiro atoms. The zero-order valence-corrected chi connectivity index (χ0v) is 6.60. The Labute approximate surface area is 63.9 Å². The van der Waals surface area contributed by atoms with Crippen LogP contribution in [0.15, 0.2) is 5.11 Å². The second-order valence-corrected chi connectivity index (χ2v) is 1.85. The van der Waals surface area contributed by atoms with Gasteiger partial charge in [-0.05, 0) is 6.92 Å². The fraction of sp³-hybridized carbons (Fsp3) is 0.800. The summed E-state index contributed by atoms with van der Waals surface area (Å²) < 4.78 is 0. The molecule has 11 heavy (non-hydrogen) atoms. The lowest BCUT2D eigenvalue weighted by Gasteiger charge is -2.02. The van der Waals surface area contributed by atoms with E-state index in [1.165, 1.54) is 20.9 Å². The van der Waals surface area contributed by atoms with Crippen LogP contribution in [0.3, 0.4) is 0 Å². The third-order valence-corrected chi connectivity index (χ3v) is 0.630. The third kappa shape index (κ3) is 6.72. The van der Waals surface area contributed by atoms with Gasteiger partial charge < -0.3 is 5.21 Å². The Hall–Kier alpha value is -1.17. The van der Waals surface area contributed by atoms with Crippen LogP contribution < -0.4 is 0 Å². The molecular weight excluding hydrogens is 152 g/mol. The molecule has 0 N–H and O–H groups in total. The molecule has 6 nitrogen and oxygen atoms in total. The quantitative estimate of drug-likeness (QED) is 0.261. The molecule has 6 heteroatoms. The van der Waals surface area contributed by atoms with Crippen molar-refractivity contribution in [3.63, 3.8) is 0 Å². The highest BCUT2D eigenvalue weighted by atomic mass is 17.2. The van der Waals surface area contributed by atoms with Crippen molar-refractivity contribution in [3.05, 3.63) is 5.21 Å². The Morgan fingerprint density at radius 2 is 2.27 bits per heavy atom. The highest BCUT2D eigenvalue weighted by Gasteiger charge is 2.05. The SMILES string of the molecule is CC(=O)OOC(C)/N=[N+](\C)[O-]. The molecule has 0 bridgehead atoms. The van der Waals surface area contributed by atoms with E-state index in [-0.39, 0.29) is 0 Å². The molecular formula is C5H10N2O4. The maximum Gasteiger partial charge on any atom is 0.339 e. The van der Waals surface area contributed by atoms with Crippen LogP contribution >= 0.6 is 0 Å². The fourth-order valence-electron chi connectivity index (χ4n) is 0.386. The summed E-state index contributed by atoms with van der Waals surface area (Å²) in [5, 5.41) is 13.6. The number of azo groups is 1. The molecule has 0 saturated carbocycles. The molecule has 0 heterocycles. The summed E-state index contributed by atoms with van der Waals surface area (Å²) in [6.07, 6.45) is -0.776. The van der Waals surface area contributed by atoms with Gasteiger partial charge in [0, 0.05) is 12.0 Å². The van der Waals surface area contributed by atoms with Gasteiger partial charge in [0.05, 0.1) is 0 Å². The molecule has 0 aliphatic heterocycles. The molecule has 64 valence electrons. The lowest BCUT2D eigenvalue weighted by molar-refractivity contribution is -0.514. The van der Waals surface area contributed by atoms with E-state index in [0.29, 0.717) is 4.86 Å². The number of nitrogens with zero attached hydrogens (tertiary/aromatic N) is 2. The molecule has 0 aromatic heterocycles. The van der Waals surface area contributed by atoms with E-state index in [4.69, 9.17) is 0 Å². The topological polar surface area (TPSA) is 74.0 Å². The molecule has 0 fully saturated rings. The number of carbonyl (C=O) groups excluding carboxylic acids is 1. The summed E-state index contributed by atoms with van der Waals surface area (Å²) in [6, 6.07) is 0. The lowest BCUT2D eigenvalue weighted by Crippen LogP contribution is -2.11. The Morgan fingerprint density at radius 1 is 1.73 bits per heavy atom. The predicted octanol–water partition coefficient (Wildman–Crippen LogP) is 0.419. The van der Waals surface area contributed by atoms with E-state index in [0.717, 1.165) is 0 Å². The molecule has 0 aromatic rings. The van der Waals surface area contributed by atoms with Crippen LogP contribution in [0, 0.1) is 5.21 Å².